The number of nitrogens with two attached hydrogens (primary N) is 1. The third-order valence-corrected chi connectivity index (χ3v) is 5.67. The van der Waals surface area contributed by atoms with Crippen LogP contribution in [-0.4, -0.2) is 28.6 Å². The van der Waals surface area contributed by atoms with Gasteiger partial charge in [-0.2, -0.15) is 5.10 Å². The summed E-state index contributed by atoms with van der Waals surface area (Å²) in [5.74, 6) is -0.932. The van der Waals surface area contributed by atoms with Gasteiger partial charge in [0.1, 0.15) is 11.8 Å². The number of carbonyl (C=O) groups excluding carboxylic acids is 2. The molecule has 0 radical (unpaired) electrons. The Morgan fingerprint density at radius 3 is 2.55 bits per heavy atom. The van der Waals surface area contributed by atoms with E-state index in [1.165, 1.54) is 16.3 Å². The van der Waals surface area contributed by atoms with E-state index in [2.05, 4.69) is 31.3 Å². The number of nitrogens with zero attached hydrogens (tertiary/aromatic N) is 3. The zero-order valence-electron chi connectivity index (χ0n) is 15.1. The molecule has 2 amide bonds. The van der Waals surface area contributed by atoms with Crippen LogP contribution in [0.25, 0.3) is 11.3 Å². The summed E-state index contributed by atoms with van der Waals surface area (Å²) in [5.41, 5.74) is 8.18. The first kappa shape index (κ1) is 19.3. The molecule has 2 heterocycles. The molecule has 0 fully saturated rings. The number of rotatable bonds is 5. The van der Waals surface area contributed by atoms with E-state index in [0.29, 0.717) is 10.8 Å². The summed E-state index contributed by atoms with van der Waals surface area (Å²) < 4.78 is 0.983. The molecule has 1 unspecified atom stereocenters. The van der Waals surface area contributed by atoms with Crippen molar-refractivity contribution < 1.29 is 9.59 Å². The number of nitrogens with one attached hydrogen (secondary N) is 1. The number of thiazole rings is 1. The summed E-state index contributed by atoms with van der Waals surface area (Å²) in [7, 11) is 0. The molecule has 2 aromatic carbocycles. The lowest BCUT2D eigenvalue weighted by molar-refractivity contribution is -0.119. The monoisotopic (exact) mass is 469 g/mol. The number of para-hydroxylation sites is 1. The Bertz CT molecular complexity index is 1080. The Morgan fingerprint density at radius 2 is 1.86 bits per heavy atom. The molecule has 0 aliphatic carbocycles. The van der Waals surface area contributed by atoms with Gasteiger partial charge >= 0.3 is 0 Å². The molecule has 1 aromatic heterocycles. The van der Waals surface area contributed by atoms with Gasteiger partial charge in [0.15, 0.2) is 5.13 Å². The second kappa shape index (κ2) is 8.14. The number of benzene rings is 2. The SMILES string of the molecule is NC(=O)C1CC(C(=O)Nc2nc(-c3ccc(Br)cc3)cs2)=NN1c1ccccc1. The van der Waals surface area contributed by atoms with Crippen molar-refractivity contribution in [2.75, 3.05) is 10.3 Å². The lowest BCUT2D eigenvalue weighted by atomic mass is 10.1. The van der Waals surface area contributed by atoms with E-state index in [1.807, 2.05) is 60.0 Å². The molecule has 1 aliphatic rings. The number of carbonyl (C=O) groups is 2. The Balaban J connectivity index is 1.51. The Kier molecular flexibility index (Phi) is 5.41. The van der Waals surface area contributed by atoms with Crippen LogP contribution in [-0.2, 0) is 9.59 Å². The van der Waals surface area contributed by atoms with E-state index in [1.54, 1.807) is 0 Å². The normalized spacial score (nSPS) is 15.8. The van der Waals surface area contributed by atoms with Crippen LogP contribution in [0.3, 0.4) is 0 Å². The molecule has 0 bridgehead atoms. The zero-order valence-corrected chi connectivity index (χ0v) is 17.5. The van der Waals surface area contributed by atoms with Crippen LogP contribution in [0, 0.1) is 0 Å². The van der Waals surface area contributed by atoms with Crippen molar-refractivity contribution in [3.63, 3.8) is 0 Å². The molecule has 3 aromatic rings. The van der Waals surface area contributed by atoms with Gasteiger partial charge in [-0.05, 0) is 24.3 Å². The van der Waals surface area contributed by atoms with Gasteiger partial charge < -0.3 is 5.73 Å². The fourth-order valence-electron chi connectivity index (χ4n) is 2.94. The minimum Gasteiger partial charge on any atom is -0.368 e. The number of aromatic nitrogens is 1. The molecular weight excluding hydrogens is 454 g/mol. The maximum absolute atomic E-state index is 12.7. The molecule has 1 atom stereocenters. The quantitative estimate of drug-likeness (QED) is 0.595. The molecule has 29 heavy (non-hydrogen) atoms. The van der Waals surface area contributed by atoms with E-state index in [9.17, 15) is 9.59 Å². The average molecular weight is 470 g/mol. The number of hydrogen-bond acceptors (Lipinski definition) is 6. The fourth-order valence-corrected chi connectivity index (χ4v) is 3.92. The number of anilines is 2. The van der Waals surface area contributed by atoms with Crippen molar-refractivity contribution in [2.45, 2.75) is 12.5 Å². The van der Waals surface area contributed by atoms with Crippen molar-refractivity contribution in [1.82, 2.24) is 4.98 Å². The molecule has 146 valence electrons. The standard InChI is InChI=1S/C20H16BrN5O2S/c21-13-8-6-12(7-9-13)16-11-29-20(23-16)24-19(28)15-10-17(18(22)27)26(25-15)14-4-2-1-3-5-14/h1-9,11,17H,10H2,(H2,22,27)(H,23,24,28). The second-order valence-corrected chi connectivity index (χ2v) is 8.12. The molecule has 7 nitrogen and oxygen atoms in total. The van der Waals surface area contributed by atoms with Crippen molar-refractivity contribution in [2.24, 2.45) is 10.8 Å². The van der Waals surface area contributed by atoms with E-state index < -0.39 is 17.9 Å². The van der Waals surface area contributed by atoms with Gasteiger partial charge in [0.25, 0.3) is 5.91 Å². The fraction of sp³-hybridized carbons (Fsp3) is 0.100. The smallest absolute Gasteiger partial charge is 0.273 e. The van der Waals surface area contributed by atoms with E-state index in [-0.39, 0.29) is 12.1 Å². The first-order valence-corrected chi connectivity index (χ1v) is 10.4. The molecule has 9 heteroatoms. The van der Waals surface area contributed by atoms with Gasteiger partial charge in [-0.3, -0.25) is 19.9 Å². The van der Waals surface area contributed by atoms with Crippen LogP contribution in [0.15, 0.2) is 69.6 Å². The van der Waals surface area contributed by atoms with Crippen molar-refractivity contribution in [3.8, 4) is 11.3 Å². The summed E-state index contributed by atoms with van der Waals surface area (Å²) >= 11 is 4.73. The minimum absolute atomic E-state index is 0.140. The van der Waals surface area contributed by atoms with E-state index in [0.717, 1.165) is 15.7 Å². The van der Waals surface area contributed by atoms with Crippen LogP contribution in [0.2, 0.25) is 0 Å². The van der Waals surface area contributed by atoms with Crippen molar-refractivity contribution >= 4 is 55.6 Å². The first-order chi connectivity index (χ1) is 14.0. The van der Waals surface area contributed by atoms with Crippen LogP contribution in [0.5, 0.6) is 0 Å². The number of hydrogen-bond donors (Lipinski definition) is 2. The Hall–Kier alpha value is -3.04. The van der Waals surface area contributed by atoms with Gasteiger partial charge in [0.2, 0.25) is 5.91 Å². The predicted octanol–water partition coefficient (Wildman–Crippen LogP) is 3.63. The molecule has 4 rings (SSSR count). The highest BCUT2D eigenvalue weighted by Crippen LogP contribution is 2.27. The summed E-state index contributed by atoms with van der Waals surface area (Å²) in [4.78, 5) is 29.0. The number of hydrazone groups is 1. The molecule has 1 aliphatic heterocycles. The number of amides is 2. The van der Waals surface area contributed by atoms with Crippen molar-refractivity contribution in [3.05, 3.63) is 64.5 Å². The highest BCUT2D eigenvalue weighted by Gasteiger charge is 2.35. The van der Waals surface area contributed by atoms with Crippen LogP contribution in [0.1, 0.15) is 6.42 Å². The summed E-state index contributed by atoms with van der Waals surface area (Å²) in [6.45, 7) is 0. The minimum atomic E-state index is -0.701. The highest BCUT2D eigenvalue weighted by atomic mass is 79.9. The number of halogens is 1. The van der Waals surface area contributed by atoms with Gasteiger partial charge in [-0.15, -0.1) is 11.3 Å². The molecular formula is C20H16BrN5O2S. The van der Waals surface area contributed by atoms with Gasteiger partial charge in [-0.1, -0.05) is 46.3 Å². The molecule has 0 saturated carbocycles. The topological polar surface area (TPSA) is 101 Å². The van der Waals surface area contributed by atoms with Gasteiger partial charge in [0.05, 0.1) is 11.4 Å². The van der Waals surface area contributed by atoms with Crippen LogP contribution < -0.4 is 16.1 Å². The third-order valence-electron chi connectivity index (χ3n) is 4.39. The Morgan fingerprint density at radius 1 is 1.14 bits per heavy atom. The molecule has 0 spiro atoms. The van der Waals surface area contributed by atoms with Gasteiger partial charge in [0, 0.05) is 21.8 Å². The highest BCUT2D eigenvalue weighted by molar-refractivity contribution is 9.10. The maximum atomic E-state index is 12.7. The molecule has 0 saturated heterocycles. The van der Waals surface area contributed by atoms with Crippen LogP contribution >= 0.6 is 27.3 Å². The lowest BCUT2D eigenvalue weighted by Gasteiger charge is -2.20. The van der Waals surface area contributed by atoms with E-state index in [4.69, 9.17) is 5.73 Å². The second-order valence-electron chi connectivity index (χ2n) is 6.35. The summed E-state index contributed by atoms with van der Waals surface area (Å²) in [6, 6.07) is 16.2. The largest absolute Gasteiger partial charge is 0.368 e. The van der Waals surface area contributed by atoms with Crippen LogP contribution in [0.4, 0.5) is 10.8 Å². The first-order valence-electron chi connectivity index (χ1n) is 8.75. The predicted molar refractivity (Wildman–Crippen MR) is 118 cm³/mol. The lowest BCUT2D eigenvalue weighted by Crippen LogP contribution is -2.39. The summed E-state index contributed by atoms with van der Waals surface area (Å²) in [5, 5.41) is 10.9. The maximum Gasteiger partial charge on any atom is 0.273 e. The zero-order chi connectivity index (χ0) is 20.4. The molecule has 3 N–H and O–H groups in total. The van der Waals surface area contributed by atoms with Crippen molar-refractivity contribution in [1.29, 1.82) is 0 Å². The van der Waals surface area contributed by atoms with E-state index >= 15 is 0 Å². The summed E-state index contributed by atoms with van der Waals surface area (Å²) in [6.07, 6.45) is 0.140. The van der Waals surface area contributed by atoms with Gasteiger partial charge in [-0.25, -0.2) is 4.98 Å². The number of primary amides is 1. The average Bonchev–Trinajstić information content (AvgIpc) is 3.37. The third kappa shape index (κ3) is 4.20. The Labute approximate surface area is 179 Å².